The fourth-order valence-corrected chi connectivity index (χ4v) is 3.89. The van der Waals surface area contributed by atoms with E-state index in [1.807, 2.05) is 72.8 Å². The molecule has 36 heavy (non-hydrogen) atoms. The van der Waals surface area contributed by atoms with Gasteiger partial charge in [-0.05, 0) is 53.8 Å². The highest BCUT2D eigenvalue weighted by Gasteiger charge is 2.21. The van der Waals surface area contributed by atoms with E-state index < -0.39 is 0 Å². The van der Waals surface area contributed by atoms with Crippen molar-refractivity contribution in [3.05, 3.63) is 114 Å². The van der Waals surface area contributed by atoms with Crippen LogP contribution in [0.2, 0.25) is 0 Å². The van der Waals surface area contributed by atoms with Crippen LogP contribution in [0.3, 0.4) is 0 Å². The number of ether oxygens (including phenoxy) is 2. The molecule has 1 aromatic carbocycles. The van der Waals surface area contributed by atoms with Crippen molar-refractivity contribution in [2.45, 2.75) is 39.9 Å². The standard InChI is InChI=1S/C31H35N3O2/c1-22(2)20-35-30(24-12-6-5-7-13-24)28-17-10-15-25(33-28)26-16-11-18-29(34-26)31(36-21-23(3)4)27-14-8-9-19-32-27/h5-19,22-23,30-31H,20-21H2,1-4H3. The molecule has 2 atom stereocenters. The Kier molecular flexibility index (Phi) is 8.93. The number of hydrogen-bond acceptors (Lipinski definition) is 5. The van der Waals surface area contributed by atoms with Gasteiger partial charge in [-0.3, -0.25) is 4.98 Å². The first-order chi connectivity index (χ1) is 17.5. The van der Waals surface area contributed by atoms with Gasteiger partial charge < -0.3 is 9.47 Å². The van der Waals surface area contributed by atoms with E-state index in [0.717, 1.165) is 34.0 Å². The van der Waals surface area contributed by atoms with E-state index in [0.29, 0.717) is 25.0 Å². The lowest BCUT2D eigenvalue weighted by Crippen LogP contribution is -2.14. The first kappa shape index (κ1) is 25.7. The summed E-state index contributed by atoms with van der Waals surface area (Å²) in [6, 6.07) is 28.1. The molecule has 4 rings (SSSR count). The van der Waals surface area contributed by atoms with Crippen LogP contribution >= 0.6 is 0 Å². The second-order valence-corrected chi connectivity index (χ2v) is 9.78. The first-order valence-electron chi connectivity index (χ1n) is 12.6. The van der Waals surface area contributed by atoms with Crippen molar-refractivity contribution in [3.63, 3.8) is 0 Å². The van der Waals surface area contributed by atoms with Crippen LogP contribution in [0.4, 0.5) is 0 Å². The van der Waals surface area contributed by atoms with Crippen LogP contribution in [0, 0.1) is 11.8 Å². The number of nitrogens with zero attached hydrogens (tertiary/aromatic N) is 3. The minimum atomic E-state index is -0.344. The van der Waals surface area contributed by atoms with Gasteiger partial charge in [0.15, 0.2) is 0 Å². The molecular weight excluding hydrogens is 446 g/mol. The maximum Gasteiger partial charge on any atom is 0.141 e. The summed E-state index contributed by atoms with van der Waals surface area (Å²) < 4.78 is 12.6. The summed E-state index contributed by atoms with van der Waals surface area (Å²) in [5.41, 5.74) is 5.20. The molecule has 0 N–H and O–H groups in total. The zero-order valence-electron chi connectivity index (χ0n) is 21.5. The van der Waals surface area contributed by atoms with Gasteiger partial charge in [0, 0.05) is 6.20 Å². The zero-order valence-corrected chi connectivity index (χ0v) is 21.5. The van der Waals surface area contributed by atoms with Crippen LogP contribution in [0.5, 0.6) is 0 Å². The van der Waals surface area contributed by atoms with Crippen LogP contribution in [-0.4, -0.2) is 28.2 Å². The van der Waals surface area contributed by atoms with Crippen molar-refractivity contribution in [1.82, 2.24) is 15.0 Å². The summed E-state index contributed by atoms with van der Waals surface area (Å²) in [5, 5.41) is 0. The van der Waals surface area contributed by atoms with E-state index in [2.05, 4.69) is 44.8 Å². The third kappa shape index (κ3) is 6.84. The molecule has 0 saturated carbocycles. The maximum atomic E-state index is 6.33. The Hall–Kier alpha value is -3.41. The molecule has 0 bridgehead atoms. The van der Waals surface area contributed by atoms with Crippen molar-refractivity contribution in [2.75, 3.05) is 13.2 Å². The second-order valence-electron chi connectivity index (χ2n) is 9.78. The average Bonchev–Trinajstić information content (AvgIpc) is 2.90. The minimum Gasteiger partial charge on any atom is -0.367 e. The van der Waals surface area contributed by atoms with Crippen LogP contribution in [-0.2, 0) is 9.47 Å². The van der Waals surface area contributed by atoms with Gasteiger partial charge in [-0.15, -0.1) is 0 Å². The van der Waals surface area contributed by atoms with Crippen LogP contribution in [0.25, 0.3) is 11.4 Å². The van der Waals surface area contributed by atoms with Gasteiger partial charge in [0.25, 0.3) is 0 Å². The number of rotatable bonds is 11. The van der Waals surface area contributed by atoms with Crippen molar-refractivity contribution in [1.29, 1.82) is 0 Å². The topological polar surface area (TPSA) is 57.1 Å². The molecule has 3 heterocycles. The SMILES string of the molecule is CC(C)COC(c1ccccc1)c1cccc(-c2cccc(C(OCC(C)C)c3ccccn3)n2)n1. The number of aromatic nitrogens is 3. The number of pyridine rings is 3. The molecule has 0 aliphatic carbocycles. The summed E-state index contributed by atoms with van der Waals surface area (Å²) in [6.45, 7) is 9.85. The van der Waals surface area contributed by atoms with E-state index >= 15 is 0 Å². The fourth-order valence-electron chi connectivity index (χ4n) is 3.89. The molecule has 0 aliphatic heterocycles. The van der Waals surface area contributed by atoms with Crippen molar-refractivity contribution >= 4 is 0 Å². The summed E-state index contributed by atoms with van der Waals surface area (Å²) in [4.78, 5) is 14.5. The Labute approximate surface area is 214 Å². The number of benzene rings is 1. The van der Waals surface area contributed by atoms with E-state index in [9.17, 15) is 0 Å². The van der Waals surface area contributed by atoms with Gasteiger partial charge in [-0.25, -0.2) is 9.97 Å². The molecular formula is C31H35N3O2. The largest absolute Gasteiger partial charge is 0.367 e. The molecule has 0 amide bonds. The summed E-state index contributed by atoms with van der Waals surface area (Å²) >= 11 is 0. The fraction of sp³-hybridized carbons (Fsp3) is 0.323. The maximum absolute atomic E-state index is 6.33. The van der Waals surface area contributed by atoms with E-state index in [1.165, 1.54) is 0 Å². The summed E-state index contributed by atoms with van der Waals surface area (Å²) in [6.07, 6.45) is 1.20. The van der Waals surface area contributed by atoms with Crippen LogP contribution in [0.1, 0.15) is 62.5 Å². The van der Waals surface area contributed by atoms with E-state index in [-0.39, 0.29) is 12.2 Å². The molecule has 0 fully saturated rings. The Morgan fingerprint density at radius 1 is 0.556 bits per heavy atom. The highest BCUT2D eigenvalue weighted by molar-refractivity contribution is 5.55. The molecule has 0 spiro atoms. The highest BCUT2D eigenvalue weighted by Crippen LogP contribution is 2.29. The second kappa shape index (κ2) is 12.5. The third-order valence-electron chi connectivity index (χ3n) is 5.59. The zero-order chi connectivity index (χ0) is 25.3. The average molecular weight is 482 g/mol. The van der Waals surface area contributed by atoms with Gasteiger partial charge in [0.1, 0.15) is 12.2 Å². The van der Waals surface area contributed by atoms with Gasteiger partial charge in [-0.2, -0.15) is 0 Å². The predicted octanol–water partition coefficient (Wildman–Crippen LogP) is 7.06. The van der Waals surface area contributed by atoms with Crippen molar-refractivity contribution in [2.24, 2.45) is 11.8 Å². The molecule has 0 saturated heterocycles. The Morgan fingerprint density at radius 2 is 1.08 bits per heavy atom. The van der Waals surface area contributed by atoms with Crippen molar-refractivity contribution < 1.29 is 9.47 Å². The van der Waals surface area contributed by atoms with Gasteiger partial charge in [0.05, 0.1) is 41.7 Å². The van der Waals surface area contributed by atoms with E-state index in [1.54, 1.807) is 6.20 Å². The molecule has 3 aromatic heterocycles. The van der Waals surface area contributed by atoms with Gasteiger partial charge >= 0.3 is 0 Å². The third-order valence-corrected chi connectivity index (χ3v) is 5.59. The summed E-state index contributed by atoms with van der Waals surface area (Å²) in [7, 11) is 0. The summed E-state index contributed by atoms with van der Waals surface area (Å²) in [5.74, 6) is 0.825. The Bertz CT molecular complexity index is 1120. The molecule has 5 heteroatoms. The predicted molar refractivity (Wildman–Crippen MR) is 143 cm³/mol. The lowest BCUT2D eigenvalue weighted by atomic mass is 10.0. The molecule has 2 unspecified atom stereocenters. The normalized spacial score (nSPS) is 13.2. The molecule has 4 aromatic rings. The molecule has 186 valence electrons. The minimum absolute atomic E-state index is 0.243. The lowest BCUT2D eigenvalue weighted by molar-refractivity contribution is 0.0552. The van der Waals surface area contributed by atoms with Crippen LogP contribution in [0.15, 0.2) is 91.1 Å². The quantitative estimate of drug-likeness (QED) is 0.229. The monoisotopic (exact) mass is 481 g/mol. The first-order valence-corrected chi connectivity index (χ1v) is 12.6. The molecule has 0 aliphatic rings. The van der Waals surface area contributed by atoms with Gasteiger partial charge in [0.2, 0.25) is 0 Å². The van der Waals surface area contributed by atoms with Gasteiger partial charge in [-0.1, -0.05) is 76.2 Å². The Morgan fingerprint density at radius 3 is 1.64 bits per heavy atom. The smallest absolute Gasteiger partial charge is 0.141 e. The Balaban J connectivity index is 1.67. The van der Waals surface area contributed by atoms with E-state index in [4.69, 9.17) is 19.4 Å². The highest BCUT2D eigenvalue weighted by atomic mass is 16.5. The number of hydrogen-bond donors (Lipinski definition) is 0. The molecule has 0 radical (unpaired) electrons. The van der Waals surface area contributed by atoms with Crippen molar-refractivity contribution in [3.8, 4) is 11.4 Å². The lowest BCUT2D eigenvalue weighted by Gasteiger charge is -2.20. The molecule has 5 nitrogen and oxygen atoms in total. The van der Waals surface area contributed by atoms with Crippen LogP contribution < -0.4 is 0 Å².